The van der Waals surface area contributed by atoms with Crippen molar-refractivity contribution in [2.75, 3.05) is 10.6 Å². The van der Waals surface area contributed by atoms with Crippen molar-refractivity contribution in [2.45, 2.75) is 0 Å². The van der Waals surface area contributed by atoms with Crippen LogP contribution >= 0.6 is 23.2 Å². The second-order valence-electron chi connectivity index (χ2n) is 3.43. The number of carbonyl (C=O) groups excluding carboxylic acids is 1. The van der Waals surface area contributed by atoms with E-state index in [-0.39, 0.29) is 0 Å². The molecule has 2 amide bonds. The number of hydrogen-bond donors (Lipinski definition) is 2. The fourth-order valence-corrected chi connectivity index (χ4v) is 1.58. The monoisotopic (exact) mass is 281 g/mol. The zero-order valence-corrected chi connectivity index (χ0v) is 10.7. The summed E-state index contributed by atoms with van der Waals surface area (Å²) in [5, 5.41) is 6.14. The van der Waals surface area contributed by atoms with Gasteiger partial charge in [0.05, 0.1) is 0 Å². The number of halogens is 2. The van der Waals surface area contributed by atoms with Crippen molar-refractivity contribution >= 4 is 40.7 Å². The molecule has 0 aliphatic heterocycles. The summed E-state index contributed by atoms with van der Waals surface area (Å²) < 4.78 is 0. The quantitative estimate of drug-likeness (QED) is 0.817. The Kier molecular flexibility index (Phi) is 4.02. The van der Waals surface area contributed by atoms with E-state index in [0.717, 1.165) is 0 Å². The maximum Gasteiger partial charge on any atom is 0.324 e. The van der Waals surface area contributed by atoms with E-state index in [1.807, 2.05) is 0 Å². The Hall–Kier alpha value is -1.78. The van der Waals surface area contributed by atoms with Crippen molar-refractivity contribution in [1.82, 2.24) is 4.98 Å². The third-order valence-electron chi connectivity index (χ3n) is 2.06. The Morgan fingerprint density at radius 3 is 2.39 bits per heavy atom. The summed E-state index contributed by atoms with van der Waals surface area (Å²) in [6.07, 6.45) is 0. The first kappa shape index (κ1) is 12.7. The summed E-state index contributed by atoms with van der Waals surface area (Å²) in [6.45, 7) is 0. The molecule has 0 radical (unpaired) electrons. The number of carbonyl (C=O) groups is 1. The number of nitrogens with one attached hydrogen (secondary N) is 2. The largest absolute Gasteiger partial charge is 0.324 e. The lowest BCUT2D eigenvalue weighted by atomic mass is 10.3. The number of anilines is 2. The summed E-state index contributed by atoms with van der Waals surface area (Å²) in [6, 6.07) is 11.4. The maximum absolute atomic E-state index is 11.6. The molecule has 0 bridgehead atoms. The van der Waals surface area contributed by atoms with Crippen LogP contribution in [-0.4, -0.2) is 11.0 Å². The number of benzene rings is 1. The molecule has 0 fully saturated rings. The van der Waals surface area contributed by atoms with E-state index < -0.39 is 6.03 Å². The first-order chi connectivity index (χ1) is 8.63. The summed E-state index contributed by atoms with van der Waals surface area (Å²) >= 11 is 11.5. The molecular weight excluding hydrogens is 273 g/mol. The molecule has 18 heavy (non-hydrogen) atoms. The van der Waals surface area contributed by atoms with E-state index in [1.54, 1.807) is 42.5 Å². The average Bonchev–Trinajstić information content (AvgIpc) is 2.32. The van der Waals surface area contributed by atoms with Gasteiger partial charge in [0, 0.05) is 10.7 Å². The van der Waals surface area contributed by atoms with Crippen molar-refractivity contribution in [2.24, 2.45) is 0 Å². The van der Waals surface area contributed by atoms with Crippen LogP contribution in [-0.2, 0) is 0 Å². The summed E-state index contributed by atoms with van der Waals surface area (Å²) in [7, 11) is 0. The van der Waals surface area contributed by atoms with Crippen LogP contribution in [0.2, 0.25) is 10.2 Å². The van der Waals surface area contributed by atoms with Gasteiger partial charge in [0.15, 0.2) is 0 Å². The van der Waals surface area contributed by atoms with Gasteiger partial charge in [0.25, 0.3) is 0 Å². The Bertz CT molecular complexity index is 558. The van der Waals surface area contributed by atoms with E-state index in [9.17, 15) is 4.79 Å². The van der Waals surface area contributed by atoms with Gasteiger partial charge < -0.3 is 5.32 Å². The number of urea groups is 1. The molecule has 4 nitrogen and oxygen atoms in total. The van der Waals surface area contributed by atoms with E-state index in [2.05, 4.69) is 15.6 Å². The molecule has 0 aliphatic rings. The molecule has 92 valence electrons. The molecule has 2 aromatic rings. The van der Waals surface area contributed by atoms with Crippen LogP contribution in [0.1, 0.15) is 0 Å². The number of aromatic nitrogens is 1. The molecule has 1 heterocycles. The number of amides is 2. The summed E-state index contributed by atoms with van der Waals surface area (Å²) in [5.41, 5.74) is 0.638. The highest BCUT2D eigenvalue weighted by atomic mass is 35.5. The highest BCUT2D eigenvalue weighted by molar-refractivity contribution is 6.30. The Labute approximate surface area is 114 Å². The third-order valence-corrected chi connectivity index (χ3v) is 2.52. The van der Waals surface area contributed by atoms with Crippen LogP contribution in [0.4, 0.5) is 16.3 Å². The molecule has 0 spiro atoms. The van der Waals surface area contributed by atoms with Gasteiger partial charge in [-0.1, -0.05) is 29.3 Å². The Morgan fingerprint density at radius 1 is 1.00 bits per heavy atom. The molecule has 2 N–H and O–H groups in total. The van der Waals surface area contributed by atoms with Crippen LogP contribution in [0.5, 0.6) is 0 Å². The normalized spacial score (nSPS) is 9.89. The number of rotatable bonds is 2. The van der Waals surface area contributed by atoms with Gasteiger partial charge in [0.2, 0.25) is 0 Å². The molecule has 1 aromatic heterocycles. The lowest BCUT2D eigenvalue weighted by Crippen LogP contribution is -2.19. The van der Waals surface area contributed by atoms with E-state index >= 15 is 0 Å². The molecule has 0 saturated heterocycles. The topological polar surface area (TPSA) is 54.0 Å². The lowest BCUT2D eigenvalue weighted by molar-refractivity contribution is 0.262. The van der Waals surface area contributed by atoms with Crippen LogP contribution < -0.4 is 10.6 Å². The van der Waals surface area contributed by atoms with E-state index in [1.165, 1.54) is 0 Å². The second-order valence-corrected chi connectivity index (χ2v) is 4.26. The minimum absolute atomic E-state index is 0.319. The number of nitrogens with zero attached hydrogens (tertiary/aromatic N) is 1. The molecule has 0 aliphatic carbocycles. The molecule has 2 rings (SSSR count). The maximum atomic E-state index is 11.6. The SMILES string of the molecule is O=C(Nc1ccc(Cl)cc1)Nc1cccc(Cl)n1. The van der Waals surface area contributed by atoms with Gasteiger partial charge >= 0.3 is 6.03 Å². The van der Waals surface area contributed by atoms with Crippen molar-refractivity contribution < 1.29 is 4.79 Å². The van der Waals surface area contributed by atoms with Gasteiger partial charge in [-0.25, -0.2) is 9.78 Å². The fourth-order valence-electron chi connectivity index (χ4n) is 1.29. The minimum atomic E-state index is -0.396. The minimum Gasteiger partial charge on any atom is -0.308 e. The third kappa shape index (κ3) is 3.61. The standard InChI is InChI=1S/C12H9Cl2N3O/c13-8-4-6-9(7-5-8)15-12(18)17-11-3-1-2-10(14)16-11/h1-7H,(H2,15,16,17,18). The van der Waals surface area contributed by atoms with Crippen LogP contribution in [0.3, 0.4) is 0 Å². The van der Waals surface area contributed by atoms with Crippen LogP contribution in [0.25, 0.3) is 0 Å². The number of pyridine rings is 1. The first-order valence-electron chi connectivity index (χ1n) is 5.09. The molecule has 0 atom stereocenters. The predicted octanol–water partition coefficient (Wildman–Crippen LogP) is 4.03. The van der Waals surface area contributed by atoms with Crippen molar-refractivity contribution in [3.8, 4) is 0 Å². The Morgan fingerprint density at radius 2 is 1.72 bits per heavy atom. The lowest BCUT2D eigenvalue weighted by Gasteiger charge is -2.07. The van der Waals surface area contributed by atoms with Gasteiger partial charge in [-0.05, 0) is 36.4 Å². The molecular formula is C12H9Cl2N3O. The van der Waals surface area contributed by atoms with Crippen molar-refractivity contribution in [3.05, 3.63) is 52.6 Å². The predicted molar refractivity (Wildman–Crippen MR) is 73.3 cm³/mol. The fraction of sp³-hybridized carbons (Fsp3) is 0. The second kappa shape index (κ2) is 5.71. The molecule has 0 unspecified atom stereocenters. The zero-order valence-electron chi connectivity index (χ0n) is 9.15. The van der Waals surface area contributed by atoms with Gasteiger partial charge in [-0.3, -0.25) is 5.32 Å². The molecule has 6 heteroatoms. The Balaban J connectivity index is 1.98. The van der Waals surface area contributed by atoms with Crippen molar-refractivity contribution in [3.63, 3.8) is 0 Å². The number of hydrogen-bond acceptors (Lipinski definition) is 2. The van der Waals surface area contributed by atoms with E-state index in [4.69, 9.17) is 23.2 Å². The average molecular weight is 282 g/mol. The highest BCUT2D eigenvalue weighted by Gasteiger charge is 2.03. The van der Waals surface area contributed by atoms with Crippen LogP contribution in [0.15, 0.2) is 42.5 Å². The van der Waals surface area contributed by atoms with Gasteiger partial charge in [-0.15, -0.1) is 0 Å². The highest BCUT2D eigenvalue weighted by Crippen LogP contribution is 2.14. The summed E-state index contributed by atoms with van der Waals surface area (Å²) in [4.78, 5) is 15.6. The van der Waals surface area contributed by atoms with Crippen LogP contribution in [0, 0.1) is 0 Å². The molecule has 1 aromatic carbocycles. The zero-order chi connectivity index (χ0) is 13.0. The van der Waals surface area contributed by atoms with Gasteiger partial charge in [-0.2, -0.15) is 0 Å². The van der Waals surface area contributed by atoms with E-state index in [0.29, 0.717) is 21.7 Å². The first-order valence-corrected chi connectivity index (χ1v) is 5.85. The molecule has 0 saturated carbocycles. The van der Waals surface area contributed by atoms with Crippen molar-refractivity contribution in [1.29, 1.82) is 0 Å². The smallest absolute Gasteiger partial charge is 0.308 e. The summed E-state index contributed by atoms with van der Waals surface area (Å²) in [5.74, 6) is 0.383. The van der Waals surface area contributed by atoms with Gasteiger partial charge in [0.1, 0.15) is 11.0 Å².